The average molecular weight is 619 g/mol. The van der Waals surface area contributed by atoms with Gasteiger partial charge in [-0.3, -0.25) is 9.42 Å². The number of hydrogen-bond donors (Lipinski definition) is 2. The van der Waals surface area contributed by atoms with Crippen LogP contribution in [-0.4, -0.2) is 56.3 Å². The highest BCUT2D eigenvalue weighted by Crippen LogP contribution is 2.29. The number of alkyl carbamates (subject to hydrolysis) is 1. The maximum atomic E-state index is 13.2. The Bertz CT molecular complexity index is 1530. The Morgan fingerprint density at radius 2 is 1.65 bits per heavy atom. The number of rotatable bonds is 11. The fourth-order valence-electron chi connectivity index (χ4n) is 3.79. The topological polar surface area (TPSA) is 190 Å². The summed E-state index contributed by atoms with van der Waals surface area (Å²) in [4.78, 5) is 37.5. The molecule has 0 unspecified atom stereocenters. The first-order chi connectivity index (χ1) is 20.1. The molecule has 0 spiro atoms. The van der Waals surface area contributed by atoms with E-state index in [0.29, 0.717) is 5.56 Å². The van der Waals surface area contributed by atoms with Crippen LogP contribution in [0.2, 0.25) is 0 Å². The molecule has 43 heavy (non-hydrogen) atoms. The maximum Gasteiger partial charge on any atom is 0.420 e. The van der Waals surface area contributed by atoms with Gasteiger partial charge >= 0.3 is 23.0 Å². The van der Waals surface area contributed by atoms with E-state index in [1.807, 2.05) is 0 Å². The van der Waals surface area contributed by atoms with Gasteiger partial charge in [0.2, 0.25) is 5.91 Å². The standard InChI is InChI=1S/C28H34N4O10S/c1-17(2)22(26(34)39-6)30-23(33)21(29-27(35)41-28(3,4)5)16-18-12-14-19(15-13-18)40-24-25(32(36)42-31-24)43(37,38)20-10-8-7-9-11-20/h7-15,17,21-22H,16H2,1-6H3,(H,29,35)(H,30,33)/t21-,22-/m0/s1. The first-order valence-electron chi connectivity index (χ1n) is 13.2. The van der Waals surface area contributed by atoms with Crippen molar-refractivity contribution in [2.45, 2.75) is 68.6 Å². The molecule has 0 aliphatic carbocycles. The number of hydrogen-bond acceptors (Lipinski definition) is 11. The molecule has 0 saturated carbocycles. The quantitative estimate of drug-likeness (QED) is 0.237. The number of methoxy groups -OCH3 is 1. The molecule has 1 heterocycles. The number of esters is 1. The van der Waals surface area contributed by atoms with Crippen LogP contribution in [0.15, 0.2) is 69.1 Å². The van der Waals surface area contributed by atoms with Crippen LogP contribution in [-0.2, 0) is 35.3 Å². The lowest BCUT2D eigenvalue weighted by molar-refractivity contribution is -0.832. The van der Waals surface area contributed by atoms with Gasteiger partial charge in [-0.05, 0) is 61.4 Å². The summed E-state index contributed by atoms with van der Waals surface area (Å²) in [6.45, 7) is 8.48. The second-order valence-corrected chi connectivity index (χ2v) is 12.6. The van der Waals surface area contributed by atoms with E-state index in [4.69, 9.17) is 14.2 Å². The van der Waals surface area contributed by atoms with Crippen LogP contribution < -0.4 is 20.3 Å². The minimum atomic E-state index is -4.32. The summed E-state index contributed by atoms with van der Waals surface area (Å²) in [5, 5.41) is 19.9. The highest BCUT2D eigenvalue weighted by Gasteiger charge is 2.36. The lowest BCUT2D eigenvalue weighted by Crippen LogP contribution is -2.54. The molecule has 2 amide bonds. The van der Waals surface area contributed by atoms with E-state index in [-0.39, 0.29) is 27.9 Å². The van der Waals surface area contributed by atoms with Crippen molar-refractivity contribution in [3.05, 3.63) is 65.4 Å². The lowest BCUT2D eigenvalue weighted by atomic mass is 10.0. The number of benzene rings is 2. The van der Waals surface area contributed by atoms with Gasteiger partial charge < -0.3 is 30.1 Å². The number of ether oxygens (including phenoxy) is 3. The molecule has 2 atom stereocenters. The zero-order valence-corrected chi connectivity index (χ0v) is 25.3. The van der Waals surface area contributed by atoms with Crippen molar-refractivity contribution < 1.29 is 46.5 Å². The van der Waals surface area contributed by atoms with Gasteiger partial charge in [-0.25, -0.2) is 18.0 Å². The van der Waals surface area contributed by atoms with Crippen molar-refractivity contribution in [3.8, 4) is 11.6 Å². The Kier molecular flexibility index (Phi) is 10.3. The summed E-state index contributed by atoms with van der Waals surface area (Å²) < 4.78 is 46.2. The van der Waals surface area contributed by atoms with E-state index in [1.54, 1.807) is 52.8 Å². The number of amides is 2. The summed E-state index contributed by atoms with van der Waals surface area (Å²) in [6.07, 6.45) is -0.856. The average Bonchev–Trinajstić information content (AvgIpc) is 3.31. The normalized spacial score (nSPS) is 13.1. The first kappa shape index (κ1) is 32.8. The molecule has 0 fully saturated rings. The monoisotopic (exact) mass is 618 g/mol. The molecule has 0 radical (unpaired) electrons. The smallest absolute Gasteiger partial charge is 0.420 e. The van der Waals surface area contributed by atoms with Crippen LogP contribution in [0.5, 0.6) is 11.6 Å². The summed E-state index contributed by atoms with van der Waals surface area (Å²) in [5.41, 5.74) is -0.272. The fraction of sp³-hybridized carbons (Fsp3) is 0.393. The number of carbonyl (C=O) groups is 3. The minimum absolute atomic E-state index is 0.0184. The Morgan fingerprint density at radius 3 is 2.21 bits per heavy atom. The molecule has 0 aliphatic heterocycles. The van der Waals surface area contributed by atoms with Crippen LogP contribution in [0.25, 0.3) is 0 Å². The highest BCUT2D eigenvalue weighted by molar-refractivity contribution is 7.91. The zero-order valence-electron chi connectivity index (χ0n) is 24.5. The SMILES string of the molecule is COC(=O)[C@@H](NC(=O)[C@H](Cc1ccc(Oc2no[n+]([O-])c2S(=O)(=O)c2ccccc2)cc1)NC(=O)OC(C)(C)C)C(C)C. The van der Waals surface area contributed by atoms with E-state index in [9.17, 15) is 28.0 Å². The molecule has 232 valence electrons. The second kappa shape index (κ2) is 13.5. The van der Waals surface area contributed by atoms with E-state index in [2.05, 4.69) is 20.4 Å². The molecule has 1 aromatic heterocycles. The van der Waals surface area contributed by atoms with Gasteiger partial charge in [-0.1, -0.05) is 44.2 Å². The Balaban J connectivity index is 1.82. The first-order valence-corrected chi connectivity index (χ1v) is 14.6. The zero-order chi connectivity index (χ0) is 31.9. The van der Waals surface area contributed by atoms with Crippen LogP contribution in [0.1, 0.15) is 40.2 Å². The lowest BCUT2D eigenvalue weighted by Gasteiger charge is -2.26. The molecule has 0 saturated heterocycles. The van der Waals surface area contributed by atoms with Gasteiger partial charge in [0.1, 0.15) is 23.4 Å². The number of nitrogens with zero attached hydrogens (tertiary/aromatic N) is 2. The van der Waals surface area contributed by atoms with Gasteiger partial charge in [0.15, 0.2) is 0 Å². The molecule has 3 rings (SSSR count). The molecular weight excluding hydrogens is 584 g/mol. The minimum Gasteiger partial charge on any atom is -0.467 e. The third-order valence-corrected chi connectivity index (χ3v) is 7.58. The molecule has 3 aromatic rings. The van der Waals surface area contributed by atoms with Gasteiger partial charge in [-0.15, -0.1) is 0 Å². The number of nitrogens with one attached hydrogen (secondary N) is 2. The van der Waals surface area contributed by atoms with Gasteiger partial charge in [-0.2, -0.15) is 0 Å². The van der Waals surface area contributed by atoms with Crippen molar-refractivity contribution in [2.24, 2.45) is 5.92 Å². The largest absolute Gasteiger partial charge is 0.467 e. The van der Waals surface area contributed by atoms with E-state index >= 15 is 0 Å². The van der Waals surface area contributed by atoms with Crippen molar-refractivity contribution in [3.63, 3.8) is 0 Å². The van der Waals surface area contributed by atoms with Crippen LogP contribution in [0.3, 0.4) is 0 Å². The van der Waals surface area contributed by atoms with E-state index in [0.717, 1.165) is 0 Å². The predicted molar refractivity (Wildman–Crippen MR) is 150 cm³/mol. The van der Waals surface area contributed by atoms with Gasteiger partial charge in [0.05, 0.1) is 17.2 Å². The number of aromatic nitrogens is 2. The summed E-state index contributed by atoms with van der Waals surface area (Å²) in [5.74, 6) is -2.04. The number of sulfone groups is 1. The third-order valence-electron chi connectivity index (χ3n) is 5.86. The van der Waals surface area contributed by atoms with Crippen molar-refractivity contribution in [2.75, 3.05) is 7.11 Å². The fourth-order valence-corrected chi connectivity index (χ4v) is 5.07. The molecular formula is C28H34N4O10S. The van der Waals surface area contributed by atoms with Crippen LogP contribution in [0.4, 0.5) is 4.79 Å². The van der Waals surface area contributed by atoms with Crippen LogP contribution in [0, 0.1) is 11.1 Å². The summed E-state index contributed by atoms with van der Waals surface area (Å²) >= 11 is 0. The Morgan fingerprint density at radius 1 is 1.02 bits per heavy atom. The molecule has 0 bridgehead atoms. The maximum absolute atomic E-state index is 13.2. The molecule has 0 aliphatic rings. The van der Waals surface area contributed by atoms with Crippen LogP contribution >= 0.6 is 0 Å². The summed E-state index contributed by atoms with van der Waals surface area (Å²) in [6, 6.07) is 11.2. The molecule has 2 N–H and O–H groups in total. The third kappa shape index (κ3) is 8.67. The summed E-state index contributed by atoms with van der Waals surface area (Å²) in [7, 11) is -3.11. The van der Waals surface area contributed by atoms with Crippen molar-refractivity contribution >= 4 is 27.8 Å². The second-order valence-electron chi connectivity index (χ2n) is 10.8. The van der Waals surface area contributed by atoms with E-state index in [1.165, 1.54) is 43.5 Å². The number of carbonyl (C=O) groups excluding carboxylic acids is 3. The van der Waals surface area contributed by atoms with Crippen molar-refractivity contribution in [1.29, 1.82) is 0 Å². The van der Waals surface area contributed by atoms with Crippen molar-refractivity contribution in [1.82, 2.24) is 15.8 Å². The molecule has 2 aromatic carbocycles. The predicted octanol–water partition coefficient (Wildman–Crippen LogP) is 2.68. The highest BCUT2D eigenvalue weighted by atomic mass is 32.2. The molecule has 15 heteroatoms. The van der Waals surface area contributed by atoms with Gasteiger partial charge in [0.25, 0.3) is 9.84 Å². The Hall–Kier alpha value is -4.66. The van der Waals surface area contributed by atoms with E-state index < -0.39 is 56.4 Å². The molecule has 14 nitrogen and oxygen atoms in total. The Labute approximate surface area is 248 Å². The van der Waals surface area contributed by atoms with Gasteiger partial charge in [0, 0.05) is 6.42 Å².